The zero-order valence-electron chi connectivity index (χ0n) is 9.62. The number of methoxy groups -OCH3 is 1. The summed E-state index contributed by atoms with van der Waals surface area (Å²) in [5, 5.41) is 0. The van der Waals surface area contributed by atoms with Gasteiger partial charge in [-0.3, -0.25) is 0 Å². The SMILES string of the molecule is COc1c(SC)cccc1C(C)CCN. The van der Waals surface area contributed by atoms with Crippen LogP contribution < -0.4 is 10.5 Å². The van der Waals surface area contributed by atoms with E-state index in [2.05, 4.69) is 31.4 Å². The topological polar surface area (TPSA) is 35.2 Å². The summed E-state index contributed by atoms with van der Waals surface area (Å²) in [7, 11) is 1.73. The number of benzene rings is 1. The molecule has 0 fully saturated rings. The van der Waals surface area contributed by atoms with Gasteiger partial charge in [0.15, 0.2) is 0 Å². The minimum atomic E-state index is 0.456. The van der Waals surface area contributed by atoms with Crippen LogP contribution in [0.4, 0.5) is 0 Å². The molecule has 0 heterocycles. The molecule has 0 spiro atoms. The molecule has 0 amide bonds. The predicted molar refractivity (Wildman–Crippen MR) is 66.9 cm³/mol. The van der Waals surface area contributed by atoms with Crippen LogP contribution in [0.1, 0.15) is 24.8 Å². The van der Waals surface area contributed by atoms with Crippen molar-refractivity contribution < 1.29 is 4.74 Å². The molecule has 0 aliphatic carbocycles. The van der Waals surface area contributed by atoms with Gasteiger partial charge >= 0.3 is 0 Å². The fraction of sp³-hybridized carbons (Fsp3) is 0.500. The molecule has 0 aliphatic heterocycles. The largest absolute Gasteiger partial charge is 0.495 e. The molecule has 0 aliphatic rings. The monoisotopic (exact) mass is 225 g/mol. The van der Waals surface area contributed by atoms with E-state index in [9.17, 15) is 0 Å². The van der Waals surface area contributed by atoms with Crippen molar-refractivity contribution in [2.45, 2.75) is 24.2 Å². The maximum Gasteiger partial charge on any atom is 0.135 e. The van der Waals surface area contributed by atoms with Crippen LogP contribution in [0.2, 0.25) is 0 Å². The molecule has 2 nitrogen and oxygen atoms in total. The van der Waals surface area contributed by atoms with Gasteiger partial charge in [0.1, 0.15) is 5.75 Å². The van der Waals surface area contributed by atoms with Crippen molar-refractivity contribution in [2.75, 3.05) is 19.9 Å². The van der Waals surface area contributed by atoms with Crippen molar-refractivity contribution >= 4 is 11.8 Å². The Kier molecular flexibility index (Phi) is 4.99. The summed E-state index contributed by atoms with van der Waals surface area (Å²) in [6.45, 7) is 2.91. The molecule has 0 saturated carbocycles. The second-order valence-electron chi connectivity index (χ2n) is 3.56. The smallest absolute Gasteiger partial charge is 0.135 e. The number of hydrogen-bond donors (Lipinski definition) is 1. The summed E-state index contributed by atoms with van der Waals surface area (Å²) in [4.78, 5) is 1.19. The molecule has 0 saturated heterocycles. The summed E-state index contributed by atoms with van der Waals surface area (Å²) in [5.41, 5.74) is 6.84. The minimum Gasteiger partial charge on any atom is -0.495 e. The highest BCUT2D eigenvalue weighted by Crippen LogP contribution is 2.35. The molecule has 84 valence electrons. The third kappa shape index (κ3) is 2.89. The van der Waals surface area contributed by atoms with Gasteiger partial charge < -0.3 is 10.5 Å². The van der Waals surface area contributed by atoms with Gasteiger partial charge in [-0.25, -0.2) is 0 Å². The molecular weight excluding hydrogens is 206 g/mol. The van der Waals surface area contributed by atoms with E-state index in [1.165, 1.54) is 10.5 Å². The lowest BCUT2D eigenvalue weighted by molar-refractivity contribution is 0.395. The van der Waals surface area contributed by atoms with Crippen LogP contribution >= 0.6 is 11.8 Å². The summed E-state index contributed by atoms with van der Waals surface area (Å²) in [6.07, 6.45) is 3.06. The van der Waals surface area contributed by atoms with Gasteiger partial charge in [0.05, 0.1) is 7.11 Å². The van der Waals surface area contributed by atoms with Gasteiger partial charge in [0.25, 0.3) is 0 Å². The minimum absolute atomic E-state index is 0.456. The highest BCUT2D eigenvalue weighted by molar-refractivity contribution is 7.98. The average Bonchev–Trinajstić information content (AvgIpc) is 2.28. The third-order valence-electron chi connectivity index (χ3n) is 2.56. The van der Waals surface area contributed by atoms with Crippen LogP contribution in [-0.2, 0) is 0 Å². The summed E-state index contributed by atoms with van der Waals surface area (Å²) in [5.74, 6) is 1.46. The van der Waals surface area contributed by atoms with Gasteiger partial charge in [-0.2, -0.15) is 0 Å². The standard InChI is InChI=1S/C12H19NOS/c1-9(7-8-13)10-5-4-6-11(15-3)12(10)14-2/h4-6,9H,7-8,13H2,1-3H3. The number of nitrogens with two attached hydrogens (primary N) is 1. The van der Waals surface area contributed by atoms with Gasteiger partial charge in [0.2, 0.25) is 0 Å². The Morgan fingerprint density at radius 3 is 2.73 bits per heavy atom. The first-order valence-corrected chi connectivity index (χ1v) is 6.38. The molecule has 1 aromatic carbocycles. The average molecular weight is 225 g/mol. The number of thioether (sulfide) groups is 1. The van der Waals surface area contributed by atoms with Crippen molar-refractivity contribution in [1.82, 2.24) is 0 Å². The lowest BCUT2D eigenvalue weighted by Crippen LogP contribution is -2.06. The van der Waals surface area contributed by atoms with Gasteiger partial charge in [-0.15, -0.1) is 11.8 Å². The molecule has 0 aromatic heterocycles. The van der Waals surface area contributed by atoms with Crippen molar-refractivity contribution in [1.29, 1.82) is 0 Å². The molecule has 3 heteroatoms. The van der Waals surface area contributed by atoms with Crippen LogP contribution in [0, 0.1) is 0 Å². The van der Waals surface area contributed by atoms with Crippen molar-refractivity contribution in [3.63, 3.8) is 0 Å². The maximum absolute atomic E-state index is 5.58. The fourth-order valence-electron chi connectivity index (χ4n) is 1.71. The van der Waals surface area contributed by atoms with E-state index in [0.29, 0.717) is 12.5 Å². The first kappa shape index (κ1) is 12.4. The molecular formula is C12H19NOS. The van der Waals surface area contributed by atoms with Crippen LogP contribution in [-0.4, -0.2) is 19.9 Å². The Labute approximate surface area is 96.2 Å². The molecule has 1 aromatic rings. The Morgan fingerprint density at radius 1 is 1.47 bits per heavy atom. The van der Waals surface area contributed by atoms with E-state index < -0.39 is 0 Å². The number of para-hydroxylation sites is 1. The lowest BCUT2D eigenvalue weighted by Gasteiger charge is -2.17. The van der Waals surface area contributed by atoms with Crippen LogP contribution in [0.3, 0.4) is 0 Å². The molecule has 0 bridgehead atoms. The quantitative estimate of drug-likeness (QED) is 0.783. The van der Waals surface area contributed by atoms with Crippen LogP contribution in [0.5, 0.6) is 5.75 Å². The maximum atomic E-state index is 5.58. The van der Waals surface area contributed by atoms with Gasteiger partial charge in [0, 0.05) is 4.90 Å². The second-order valence-corrected chi connectivity index (χ2v) is 4.41. The van der Waals surface area contributed by atoms with Gasteiger partial charge in [-0.1, -0.05) is 19.1 Å². The van der Waals surface area contributed by atoms with E-state index in [-0.39, 0.29) is 0 Å². The Morgan fingerprint density at radius 2 is 2.20 bits per heavy atom. The highest BCUT2D eigenvalue weighted by Gasteiger charge is 2.13. The van der Waals surface area contributed by atoms with Crippen molar-refractivity contribution in [3.8, 4) is 5.75 Å². The second kappa shape index (κ2) is 6.03. The molecule has 1 rings (SSSR count). The zero-order valence-corrected chi connectivity index (χ0v) is 10.4. The van der Waals surface area contributed by atoms with Crippen molar-refractivity contribution in [2.24, 2.45) is 5.73 Å². The summed E-state index contributed by atoms with van der Waals surface area (Å²) < 4.78 is 5.47. The first-order chi connectivity index (χ1) is 7.24. The molecule has 1 atom stereocenters. The molecule has 2 N–H and O–H groups in total. The molecule has 0 radical (unpaired) electrons. The fourth-order valence-corrected chi connectivity index (χ4v) is 2.31. The number of rotatable bonds is 5. The highest BCUT2D eigenvalue weighted by atomic mass is 32.2. The zero-order chi connectivity index (χ0) is 11.3. The number of ether oxygens (including phenoxy) is 1. The van der Waals surface area contributed by atoms with E-state index in [0.717, 1.165) is 12.2 Å². The van der Waals surface area contributed by atoms with E-state index in [4.69, 9.17) is 10.5 Å². The Balaban J connectivity index is 3.05. The van der Waals surface area contributed by atoms with Crippen LogP contribution in [0.15, 0.2) is 23.1 Å². The number of hydrogen-bond acceptors (Lipinski definition) is 3. The van der Waals surface area contributed by atoms with Crippen LogP contribution in [0.25, 0.3) is 0 Å². The Bertz CT molecular complexity index is 314. The summed E-state index contributed by atoms with van der Waals surface area (Å²) in [6, 6.07) is 6.29. The third-order valence-corrected chi connectivity index (χ3v) is 3.33. The summed E-state index contributed by atoms with van der Waals surface area (Å²) >= 11 is 1.71. The first-order valence-electron chi connectivity index (χ1n) is 5.15. The van der Waals surface area contributed by atoms with Crippen molar-refractivity contribution in [3.05, 3.63) is 23.8 Å². The normalized spacial score (nSPS) is 12.5. The molecule has 1 unspecified atom stereocenters. The van der Waals surface area contributed by atoms with E-state index in [1.807, 2.05) is 0 Å². The molecule has 15 heavy (non-hydrogen) atoms. The Hall–Kier alpha value is -0.670. The lowest BCUT2D eigenvalue weighted by atomic mass is 9.97. The van der Waals surface area contributed by atoms with E-state index in [1.54, 1.807) is 18.9 Å². The van der Waals surface area contributed by atoms with E-state index >= 15 is 0 Å². The predicted octanol–water partition coefficient (Wildman–Crippen LogP) is 2.87. The van der Waals surface area contributed by atoms with Gasteiger partial charge in [-0.05, 0) is 36.8 Å².